The van der Waals surface area contributed by atoms with Crippen LogP contribution in [0.15, 0.2) is 36.5 Å². The molecule has 1 amide bonds. The van der Waals surface area contributed by atoms with Crippen LogP contribution in [0, 0.1) is 0 Å². The minimum atomic E-state index is -0.964. The summed E-state index contributed by atoms with van der Waals surface area (Å²) < 4.78 is 0. The number of aromatic amines is 1. The van der Waals surface area contributed by atoms with E-state index >= 15 is 0 Å². The van der Waals surface area contributed by atoms with E-state index in [1.54, 1.807) is 25.2 Å². The fraction of sp³-hybridized carbons (Fsp3) is 0.154. The largest absolute Gasteiger partial charge is 0.478 e. The Morgan fingerprint density at radius 2 is 1.95 bits per heavy atom. The first kappa shape index (κ1) is 12.8. The van der Waals surface area contributed by atoms with Gasteiger partial charge in [0.05, 0.1) is 5.56 Å². The highest BCUT2D eigenvalue weighted by Crippen LogP contribution is 2.08. The van der Waals surface area contributed by atoms with Crippen LogP contribution in [-0.4, -0.2) is 39.1 Å². The molecule has 0 aliphatic heterocycles. The van der Waals surface area contributed by atoms with Crippen molar-refractivity contribution in [3.05, 3.63) is 53.3 Å². The second-order valence-corrected chi connectivity index (χ2v) is 4.13. The Morgan fingerprint density at radius 1 is 1.26 bits per heavy atom. The lowest BCUT2D eigenvalue weighted by Gasteiger charge is -2.16. The van der Waals surface area contributed by atoms with Gasteiger partial charge in [-0.3, -0.25) is 9.89 Å². The van der Waals surface area contributed by atoms with Crippen LogP contribution in [0.4, 0.5) is 0 Å². The maximum Gasteiger partial charge on any atom is 0.335 e. The number of hydrogen-bond donors (Lipinski definition) is 2. The van der Waals surface area contributed by atoms with Crippen LogP contribution >= 0.6 is 0 Å². The molecule has 2 N–H and O–H groups in total. The van der Waals surface area contributed by atoms with Crippen LogP contribution in [0.1, 0.15) is 26.4 Å². The second kappa shape index (κ2) is 5.34. The number of carboxylic acid groups (broad SMARTS) is 1. The van der Waals surface area contributed by atoms with E-state index in [1.807, 2.05) is 0 Å². The number of carbonyl (C=O) groups is 2. The van der Waals surface area contributed by atoms with Crippen molar-refractivity contribution in [3.8, 4) is 0 Å². The minimum absolute atomic E-state index is 0.167. The molecule has 1 aromatic heterocycles. The van der Waals surface area contributed by atoms with Crippen molar-refractivity contribution in [3.63, 3.8) is 0 Å². The zero-order valence-corrected chi connectivity index (χ0v) is 10.3. The van der Waals surface area contributed by atoms with Crippen molar-refractivity contribution in [2.75, 3.05) is 7.05 Å². The van der Waals surface area contributed by atoms with Gasteiger partial charge >= 0.3 is 5.97 Å². The molecular formula is C13H13N3O3. The molecule has 0 aliphatic carbocycles. The number of nitrogens with one attached hydrogen (secondary N) is 1. The van der Waals surface area contributed by atoms with Gasteiger partial charge in [0.15, 0.2) is 0 Å². The Balaban J connectivity index is 2.04. The number of rotatable bonds is 4. The zero-order valence-electron chi connectivity index (χ0n) is 10.3. The average molecular weight is 259 g/mol. The highest BCUT2D eigenvalue weighted by atomic mass is 16.4. The van der Waals surface area contributed by atoms with Crippen LogP contribution in [0.3, 0.4) is 0 Å². The number of carboxylic acids is 1. The molecule has 0 radical (unpaired) electrons. The topological polar surface area (TPSA) is 86.3 Å². The quantitative estimate of drug-likeness (QED) is 0.868. The van der Waals surface area contributed by atoms with Crippen LogP contribution in [0.5, 0.6) is 0 Å². The van der Waals surface area contributed by atoms with E-state index in [-0.39, 0.29) is 11.5 Å². The van der Waals surface area contributed by atoms with Gasteiger partial charge < -0.3 is 10.0 Å². The molecule has 19 heavy (non-hydrogen) atoms. The fourth-order valence-electron chi connectivity index (χ4n) is 1.68. The lowest BCUT2D eigenvalue weighted by atomic mass is 10.1. The van der Waals surface area contributed by atoms with Crippen LogP contribution < -0.4 is 0 Å². The monoisotopic (exact) mass is 259 g/mol. The Bertz CT molecular complexity index is 576. The SMILES string of the molecule is CN(Cc1ccc(C(=O)O)cc1)C(=O)c1ccn[nH]1. The number of aromatic nitrogens is 2. The Morgan fingerprint density at radius 3 is 2.47 bits per heavy atom. The van der Waals surface area contributed by atoms with Crippen molar-refractivity contribution in [2.24, 2.45) is 0 Å². The third-order valence-electron chi connectivity index (χ3n) is 2.70. The van der Waals surface area contributed by atoms with E-state index in [4.69, 9.17) is 5.11 Å². The molecule has 1 aromatic carbocycles. The fourth-order valence-corrected chi connectivity index (χ4v) is 1.68. The molecule has 6 nitrogen and oxygen atoms in total. The highest BCUT2D eigenvalue weighted by molar-refractivity contribution is 5.92. The van der Waals surface area contributed by atoms with Crippen molar-refractivity contribution < 1.29 is 14.7 Å². The maximum atomic E-state index is 11.9. The van der Waals surface area contributed by atoms with Gasteiger partial charge in [0, 0.05) is 19.8 Å². The molecule has 0 spiro atoms. The number of amides is 1. The lowest BCUT2D eigenvalue weighted by Crippen LogP contribution is -2.26. The summed E-state index contributed by atoms with van der Waals surface area (Å²) in [6.07, 6.45) is 1.52. The summed E-state index contributed by atoms with van der Waals surface area (Å²) in [7, 11) is 1.67. The highest BCUT2D eigenvalue weighted by Gasteiger charge is 2.13. The van der Waals surface area contributed by atoms with Gasteiger partial charge in [-0.15, -0.1) is 0 Å². The number of aromatic carboxylic acids is 1. The van der Waals surface area contributed by atoms with Gasteiger partial charge in [0.25, 0.3) is 5.91 Å². The predicted molar refractivity (Wildman–Crippen MR) is 67.8 cm³/mol. The van der Waals surface area contributed by atoms with Gasteiger partial charge in [0.2, 0.25) is 0 Å². The number of H-pyrrole nitrogens is 1. The summed E-state index contributed by atoms with van der Waals surface area (Å²) in [6, 6.07) is 8.03. The van der Waals surface area contributed by atoms with E-state index < -0.39 is 5.97 Å². The molecule has 0 atom stereocenters. The molecule has 0 aliphatic rings. The lowest BCUT2D eigenvalue weighted by molar-refractivity contribution is 0.0695. The van der Waals surface area contributed by atoms with Gasteiger partial charge in [-0.05, 0) is 23.8 Å². The molecule has 0 bridgehead atoms. The zero-order chi connectivity index (χ0) is 13.8. The molecule has 6 heteroatoms. The third kappa shape index (κ3) is 2.98. The second-order valence-electron chi connectivity index (χ2n) is 4.13. The van der Waals surface area contributed by atoms with Gasteiger partial charge in [0.1, 0.15) is 5.69 Å². The van der Waals surface area contributed by atoms with E-state index in [2.05, 4.69) is 10.2 Å². The van der Waals surface area contributed by atoms with Crippen molar-refractivity contribution in [1.29, 1.82) is 0 Å². The molecule has 0 saturated heterocycles. The standard InChI is InChI=1S/C13H13N3O3/c1-16(12(17)11-6-7-14-15-11)8-9-2-4-10(5-3-9)13(18)19/h2-7H,8H2,1H3,(H,14,15)(H,18,19). The molecule has 98 valence electrons. The molecule has 0 fully saturated rings. The van der Waals surface area contributed by atoms with Gasteiger partial charge in [-0.25, -0.2) is 4.79 Å². The molecule has 0 saturated carbocycles. The van der Waals surface area contributed by atoms with E-state index in [1.165, 1.54) is 23.2 Å². The summed E-state index contributed by atoms with van der Waals surface area (Å²) >= 11 is 0. The molecule has 2 rings (SSSR count). The number of benzene rings is 1. The van der Waals surface area contributed by atoms with Gasteiger partial charge in [-0.2, -0.15) is 5.10 Å². The summed E-state index contributed by atoms with van der Waals surface area (Å²) in [5, 5.41) is 15.1. The van der Waals surface area contributed by atoms with E-state index in [0.717, 1.165) is 5.56 Å². The molecule has 2 aromatic rings. The van der Waals surface area contributed by atoms with E-state index in [9.17, 15) is 9.59 Å². The minimum Gasteiger partial charge on any atom is -0.478 e. The summed E-state index contributed by atoms with van der Waals surface area (Å²) in [6.45, 7) is 0.401. The van der Waals surface area contributed by atoms with Crippen molar-refractivity contribution in [2.45, 2.75) is 6.54 Å². The van der Waals surface area contributed by atoms with Crippen LogP contribution in [0.2, 0.25) is 0 Å². The van der Waals surface area contributed by atoms with Crippen LogP contribution in [-0.2, 0) is 6.54 Å². The normalized spacial score (nSPS) is 10.2. The smallest absolute Gasteiger partial charge is 0.335 e. The number of hydrogen-bond acceptors (Lipinski definition) is 3. The predicted octanol–water partition coefficient (Wildman–Crippen LogP) is 1.38. The summed E-state index contributed by atoms with van der Waals surface area (Å²) in [5.41, 5.74) is 1.51. The average Bonchev–Trinajstić information content (AvgIpc) is 2.92. The van der Waals surface area contributed by atoms with E-state index in [0.29, 0.717) is 12.2 Å². The maximum absolute atomic E-state index is 11.9. The Kier molecular flexibility index (Phi) is 3.61. The number of carbonyl (C=O) groups excluding carboxylic acids is 1. The first-order chi connectivity index (χ1) is 9.08. The van der Waals surface area contributed by atoms with Gasteiger partial charge in [-0.1, -0.05) is 12.1 Å². The number of nitrogens with zero attached hydrogens (tertiary/aromatic N) is 2. The van der Waals surface area contributed by atoms with Crippen LogP contribution in [0.25, 0.3) is 0 Å². The summed E-state index contributed by atoms with van der Waals surface area (Å²) in [5.74, 6) is -1.13. The molecule has 0 unspecified atom stereocenters. The van der Waals surface area contributed by atoms with Crippen molar-refractivity contribution >= 4 is 11.9 Å². The third-order valence-corrected chi connectivity index (χ3v) is 2.70. The molecule has 1 heterocycles. The van der Waals surface area contributed by atoms with Crippen molar-refractivity contribution in [1.82, 2.24) is 15.1 Å². The Labute approximate surface area is 109 Å². The first-order valence-electron chi connectivity index (χ1n) is 5.65. The molecular weight excluding hydrogens is 246 g/mol. The Hall–Kier alpha value is -2.63. The first-order valence-corrected chi connectivity index (χ1v) is 5.65. The summed E-state index contributed by atoms with van der Waals surface area (Å²) in [4.78, 5) is 24.2.